The van der Waals surface area contributed by atoms with Crippen molar-refractivity contribution in [3.63, 3.8) is 0 Å². The summed E-state index contributed by atoms with van der Waals surface area (Å²) in [5.41, 5.74) is -1.60. The number of ether oxygens (including phenoxy) is 1. The van der Waals surface area contributed by atoms with Crippen molar-refractivity contribution in [2.45, 2.75) is 12.8 Å². The highest BCUT2D eigenvalue weighted by atomic mass is 19.4. The number of nitrogens with zero attached hydrogens (tertiary/aromatic N) is 1. The molecule has 0 aliphatic heterocycles. The average Bonchev–Trinajstić information content (AvgIpc) is 2.82. The molecule has 0 heterocycles. The summed E-state index contributed by atoms with van der Waals surface area (Å²) in [6.07, 6.45) is -3.49. The second-order valence-electron chi connectivity index (χ2n) is 7.14. The minimum Gasteiger partial charge on any atom is -0.489 e. The fraction of sp³-hybridized carbons (Fsp3) is 0.0833. The summed E-state index contributed by atoms with van der Waals surface area (Å²) in [6, 6.07) is 16.1. The zero-order valence-corrected chi connectivity index (χ0v) is 17.8. The van der Waals surface area contributed by atoms with E-state index in [1.165, 1.54) is 42.5 Å². The van der Waals surface area contributed by atoms with Crippen molar-refractivity contribution >= 4 is 23.6 Å². The molecule has 0 saturated heterocycles. The predicted molar refractivity (Wildman–Crippen MR) is 118 cm³/mol. The molecule has 3 rings (SSSR count). The summed E-state index contributed by atoms with van der Waals surface area (Å²) >= 11 is 0. The van der Waals surface area contributed by atoms with Crippen LogP contribution in [0.3, 0.4) is 0 Å². The SMILES string of the molecule is O=C(O)/C(=C\c1ccc(OCc2ccc(C(F)(F)F)cc2[N+](=O)[O-])cc1)NC(=O)c1ccccc1. The Labute approximate surface area is 196 Å². The molecular weight excluding hydrogens is 469 g/mol. The van der Waals surface area contributed by atoms with Gasteiger partial charge < -0.3 is 15.2 Å². The number of nitro groups is 1. The van der Waals surface area contributed by atoms with Gasteiger partial charge in [-0.3, -0.25) is 14.9 Å². The zero-order valence-electron chi connectivity index (χ0n) is 17.8. The molecule has 11 heteroatoms. The van der Waals surface area contributed by atoms with Crippen LogP contribution in [-0.2, 0) is 17.6 Å². The van der Waals surface area contributed by atoms with Gasteiger partial charge in [0.15, 0.2) is 0 Å². The number of hydrogen-bond donors (Lipinski definition) is 2. The van der Waals surface area contributed by atoms with E-state index in [9.17, 15) is 38.0 Å². The highest BCUT2D eigenvalue weighted by Gasteiger charge is 2.33. The summed E-state index contributed by atoms with van der Waals surface area (Å²) in [6.45, 7) is -0.364. The number of aliphatic carboxylic acids is 1. The van der Waals surface area contributed by atoms with Crippen LogP contribution in [-0.4, -0.2) is 21.9 Å². The van der Waals surface area contributed by atoms with Gasteiger partial charge in [0.25, 0.3) is 11.6 Å². The Kier molecular flexibility index (Phi) is 7.49. The van der Waals surface area contributed by atoms with Crippen molar-refractivity contribution in [2.75, 3.05) is 0 Å². The number of carbonyl (C=O) groups excluding carboxylic acids is 1. The minimum atomic E-state index is -4.72. The Balaban J connectivity index is 1.72. The largest absolute Gasteiger partial charge is 0.489 e. The first-order valence-corrected chi connectivity index (χ1v) is 9.93. The number of carbonyl (C=O) groups is 2. The summed E-state index contributed by atoms with van der Waals surface area (Å²) in [5, 5.41) is 22.9. The van der Waals surface area contributed by atoms with Crippen LogP contribution in [0.4, 0.5) is 18.9 Å². The lowest BCUT2D eigenvalue weighted by Crippen LogP contribution is -2.27. The highest BCUT2D eigenvalue weighted by Crippen LogP contribution is 2.33. The van der Waals surface area contributed by atoms with Crippen molar-refractivity contribution in [3.05, 3.63) is 111 Å². The van der Waals surface area contributed by atoms with Crippen LogP contribution in [0.5, 0.6) is 5.75 Å². The molecule has 0 aliphatic carbocycles. The number of benzene rings is 3. The lowest BCUT2D eigenvalue weighted by Gasteiger charge is -2.10. The van der Waals surface area contributed by atoms with Crippen molar-refractivity contribution < 1.29 is 37.5 Å². The van der Waals surface area contributed by atoms with E-state index in [-0.39, 0.29) is 29.2 Å². The molecule has 0 atom stereocenters. The van der Waals surface area contributed by atoms with Crippen molar-refractivity contribution in [3.8, 4) is 5.75 Å². The monoisotopic (exact) mass is 486 g/mol. The number of alkyl halides is 3. The fourth-order valence-electron chi connectivity index (χ4n) is 2.96. The number of hydrogen-bond acceptors (Lipinski definition) is 5. The van der Waals surface area contributed by atoms with Crippen LogP contribution in [0.15, 0.2) is 78.5 Å². The topological polar surface area (TPSA) is 119 Å². The van der Waals surface area contributed by atoms with Gasteiger partial charge in [-0.1, -0.05) is 30.3 Å². The van der Waals surface area contributed by atoms with Gasteiger partial charge in [0.1, 0.15) is 18.1 Å². The van der Waals surface area contributed by atoms with E-state index in [4.69, 9.17) is 4.74 Å². The Morgan fingerprint density at radius 3 is 2.26 bits per heavy atom. The quantitative estimate of drug-likeness (QED) is 0.261. The number of halogens is 3. The van der Waals surface area contributed by atoms with E-state index in [1.807, 2.05) is 0 Å². The molecule has 0 spiro atoms. The first-order valence-electron chi connectivity index (χ1n) is 9.93. The van der Waals surface area contributed by atoms with Gasteiger partial charge >= 0.3 is 12.1 Å². The van der Waals surface area contributed by atoms with Crippen LogP contribution in [0.25, 0.3) is 6.08 Å². The van der Waals surface area contributed by atoms with E-state index in [2.05, 4.69) is 5.32 Å². The van der Waals surface area contributed by atoms with E-state index >= 15 is 0 Å². The molecule has 0 unspecified atom stereocenters. The molecule has 180 valence electrons. The summed E-state index contributed by atoms with van der Waals surface area (Å²) in [4.78, 5) is 34.0. The third-order valence-corrected chi connectivity index (χ3v) is 4.71. The normalized spacial score (nSPS) is 11.6. The lowest BCUT2D eigenvalue weighted by molar-refractivity contribution is -0.386. The summed E-state index contributed by atoms with van der Waals surface area (Å²) in [5.74, 6) is -1.72. The summed E-state index contributed by atoms with van der Waals surface area (Å²) in [7, 11) is 0. The number of amides is 1. The predicted octanol–water partition coefficient (Wildman–Crippen LogP) is 5.05. The third kappa shape index (κ3) is 6.67. The smallest absolute Gasteiger partial charge is 0.416 e. The van der Waals surface area contributed by atoms with Gasteiger partial charge in [0.05, 0.1) is 16.1 Å². The third-order valence-electron chi connectivity index (χ3n) is 4.71. The Morgan fingerprint density at radius 1 is 1.03 bits per heavy atom. The summed E-state index contributed by atoms with van der Waals surface area (Å²) < 4.78 is 43.9. The molecule has 0 bridgehead atoms. The molecule has 0 fully saturated rings. The van der Waals surface area contributed by atoms with Gasteiger partial charge in [-0.2, -0.15) is 13.2 Å². The van der Waals surface area contributed by atoms with Gasteiger partial charge in [-0.25, -0.2) is 4.79 Å². The number of carboxylic acids is 1. The molecule has 35 heavy (non-hydrogen) atoms. The van der Waals surface area contributed by atoms with Gasteiger partial charge in [0.2, 0.25) is 0 Å². The molecule has 2 N–H and O–H groups in total. The molecule has 0 aliphatic rings. The molecule has 8 nitrogen and oxygen atoms in total. The molecular formula is C24H17F3N2O6. The number of nitro benzene ring substituents is 1. The first kappa shape index (κ1) is 25.0. The lowest BCUT2D eigenvalue weighted by atomic mass is 10.1. The van der Waals surface area contributed by atoms with E-state index in [1.54, 1.807) is 18.2 Å². The van der Waals surface area contributed by atoms with E-state index in [0.29, 0.717) is 11.6 Å². The molecule has 3 aromatic rings. The maximum absolute atomic E-state index is 12.8. The number of rotatable bonds is 8. The molecule has 0 saturated carbocycles. The zero-order chi connectivity index (χ0) is 25.6. The number of nitrogens with one attached hydrogen (secondary N) is 1. The van der Waals surface area contributed by atoms with Crippen LogP contribution < -0.4 is 10.1 Å². The Hall–Kier alpha value is -4.67. The van der Waals surface area contributed by atoms with Crippen molar-refractivity contribution in [1.29, 1.82) is 0 Å². The molecule has 1 amide bonds. The molecule has 0 aromatic heterocycles. The van der Waals surface area contributed by atoms with Gasteiger partial charge in [0, 0.05) is 11.6 Å². The fourth-order valence-corrected chi connectivity index (χ4v) is 2.96. The highest BCUT2D eigenvalue weighted by molar-refractivity contribution is 6.02. The second kappa shape index (κ2) is 10.5. The maximum Gasteiger partial charge on any atom is 0.416 e. The van der Waals surface area contributed by atoms with Crippen LogP contribution in [0, 0.1) is 10.1 Å². The van der Waals surface area contributed by atoms with Gasteiger partial charge in [-0.05, 0) is 48.0 Å². The second-order valence-corrected chi connectivity index (χ2v) is 7.14. The number of carboxylic acid groups (broad SMARTS) is 1. The Bertz CT molecular complexity index is 1270. The van der Waals surface area contributed by atoms with Crippen molar-refractivity contribution in [2.24, 2.45) is 0 Å². The van der Waals surface area contributed by atoms with Crippen LogP contribution in [0.1, 0.15) is 27.0 Å². The van der Waals surface area contributed by atoms with Crippen LogP contribution in [0.2, 0.25) is 0 Å². The standard InChI is InChI=1S/C24H17F3N2O6/c25-24(26,27)18-9-8-17(21(13-18)29(33)34)14-35-19-10-6-15(7-11-19)12-20(23(31)32)28-22(30)16-4-2-1-3-5-16/h1-13H,14H2,(H,28,30)(H,31,32)/b20-12+. The Morgan fingerprint density at radius 2 is 1.69 bits per heavy atom. The first-order chi connectivity index (χ1) is 16.5. The van der Waals surface area contributed by atoms with Crippen LogP contribution >= 0.6 is 0 Å². The van der Waals surface area contributed by atoms with E-state index in [0.717, 1.165) is 12.1 Å². The maximum atomic E-state index is 12.8. The minimum absolute atomic E-state index is 0.0521. The average molecular weight is 486 g/mol. The molecule has 3 aromatic carbocycles. The van der Waals surface area contributed by atoms with E-state index < -0.39 is 34.2 Å². The molecule has 0 radical (unpaired) electrons. The van der Waals surface area contributed by atoms with Gasteiger partial charge in [-0.15, -0.1) is 0 Å². The van der Waals surface area contributed by atoms with Crippen molar-refractivity contribution in [1.82, 2.24) is 5.32 Å².